The fourth-order valence-corrected chi connectivity index (χ4v) is 3.66. The van der Waals surface area contributed by atoms with Crippen LogP contribution in [-0.4, -0.2) is 25.8 Å². The summed E-state index contributed by atoms with van der Waals surface area (Å²) in [5.74, 6) is 0. The zero-order valence-electron chi connectivity index (χ0n) is 10.2. The van der Waals surface area contributed by atoms with Crippen molar-refractivity contribution in [2.75, 3.05) is 13.1 Å². The molecule has 17 heavy (non-hydrogen) atoms. The number of hydrogen-bond acceptors (Lipinski definition) is 2. The number of rotatable bonds is 2. The second kappa shape index (κ2) is 5.19. The van der Waals surface area contributed by atoms with E-state index >= 15 is 0 Å². The van der Waals surface area contributed by atoms with Crippen LogP contribution >= 0.6 is 0 Å². The molecule has 0 radical (unpaired) electrons. The van der Waals surface area contributed by atoms with Gasteiger partial charge in [-0.3, -0.25) is 0 Å². The molecule has 1 saturated heterocycles. The van der Waals surface area contributed by atoms with Gasteiger partial charge in [0.1, 0.15) is 0 Å². The van der Waals surface area contributed by atoms with Crippen molar-refractivity contribution < 1.29 is 8.42 Å². The molecule has 0 aromatic heterocycles. The first-order chi connectivity index (χ1) is 8.10. The van der Waals surface area contributed by atoms with Gasteiger partial charge in [-0.05, 0) is 31.9 Å². The van der Waals surface area contributed by atoms with Gasteiger partial charge in [-0.2, -0.15) is 4.31 Å². The molecule has 1 heterocycles. The largest absolute Gasteiger partial charge is 0.243 e. The van der Waals surface area contributed by atoms with Crippen molar-refractivity contribution in [1.29, 1.82) is 0 Å². The number of sulfonamides is 1. The van der Waals surface area contributed by atoms with Crippen LogP contribution in [0, 0.1) is 6.92 Å². The summed E-state index contributed by atoms with van der Waals surface area (Å²) in [6.45, 7) is 3.29. The minimum Gasteiger partial charge on any atom is -0.207 e. The SMILES string of the molecule is Cc1ccc(S(=O)(=O)N2CCCCCC2)cc1. The number of nitrogens with zero attached hydrogens (tertiary/aromatic N) is 1. The van der Waals surface area contributed by atoms with Crippen LogP contribution in [0.2, 0.25) is 0 Å². The maximum absolute atomic E-state index is 12.4. The van der Waals surface area contributed by atoms with Crippen LogP contribution in [0.4, 0.5) is 0 Å². The minimum atomic E-state index is -3.27. The summed E-state index contributed by atoms with van der Waals surface area (Å²) in [6, 6.07) is 7.11. The number of aryl methyl sites for hydroxylation is 1. The van der Waals surface area contributed by atoms with Gasteiger partial charge >= 0.3 is 0 Å². The maximum Gasteiger partial charge on any atom is 0.243 e. The van der Waals surface area contributed by atoms with Crippen LogP contribution in [0.15, 0.2) is 29.2 Å². The first-order valence-electron chi connectivity index (χ1n) is 6.17. The van der Waals surface area contributed by atoms with Crippen LogP contribution < -0.4 is 0 Å². The van der Waals surface area contributed by atoms with Gasteiger partial charge in [0.25, 0.3) is 0 Å². The van der Waals surface area contributed by atoms with Gasteiger partial charge in [0, 0.05) is 13.1 Å². The molecule has 0 N–H and O–H groups in total. The lowest BCUT2D eigenvalue weighted by atomic mass is 10.2. The highest BCUT2D eigenvalue weighted by Crippen LogP contribution is 2.20. The van der Waals surface area contributed by atoms with Crippen LogP contribution in [0.5, 0.6) is 0 Å². The lowest BCUT2D eigenvalue weighted by Gasteiger charge is -2.19. The Morgan fingerprint density at radius 1 is 0.941 bits per heavy atom. The molecule has 94 valence electrons. The van der Waals surface area contributed by atoms with E-state index in [0.29, 0.717) is 18.0 Å². The summed E-state index contributed by atoms with van der Waals surface area (Å²) in [4.78, 5) is 0.421. The van der Waals surface area contributed by atoms with Crippen molar-refractivity contribution in [1.82, 2.24) is 4.31 Å². The third-order valence-corrected chi connectivity index (χ3v) is 5.14. The summed E-state index contributed by atoms with van der Waals surface area (Å²) in [7, 11) is -3.27. The molecule has 1 aliphatic heterocycles. The third-order valence-electron chi connectivity index (χ3n) is 3.22. The summed E-state index contributed by atoms with van der Waals surface area (Å²) >= 11 is 0. The highest BCUT2D eigenvalue weighted by atomic mass is 32.2. The van der Waals surface area contributed by atoms with Crippen molar-refractivity contribution in [3.05, 3.63) is 29.8 Å². The van der Waals surface area contributed by atoms with Crippen molar-refractivity contribution in [2.24, 2.45) is 0 Å². The Morgan fingerprint density at radius 3 is 2.00 bits per heavy atom. The zero-order valence-corrected chi connectivity index (χ0v) is 11.0. The predicted octanol–water partition coefficient (Wildman–Crippen LogP) is 2.56. The average Bonchev–Trinajstić information content (AvgIpc) is 2.58. The molecule has 1 aromatic rings. The Labute approximate surface area is 104 Å². The Hall–Kier alpha value is -0.870. The topological polar surface area (TPSA) is 37.4 Å². The van der Waals surface area contributed by atoms with Crippen LogP contribution in [0.3, 0.4) is 0 Å². The average molecular weight is 253 g/mol. The Kier molecular flexibility index (Phi) is 3.84. The molecule has 0 amide bonds. The lowest BCUT2D eigenvalue weighted by molar-refractivity contribution is 0.424. The predicted molar refractivity (Wildman–Crippen MR) is 68.4 cm³/mol. The molecule has 4 heteroatoms. The molecule has 0 bridgehead atoms. The van der Waals surface area contributed by atoms with Gasteiger partial charge in [-0.1, -0.05) is 30.5 Å². The Balaban J connectivity index is 2.25. The van der Waals surface area contributed by atoms with Gasteiger partial charge in [0.15, 0.2) is 0 Å². The van der Waals surface area contributed by atoms with E-state index in [4.69, 9.17) is 0 Å². The molecular weight excluding hydrogens is 234 g/mol. The van der Waals surface area contributed by atoms with Crippen molar-refractivity contribution in [2.45, 2.75) is 37.5 Å². The monoisotopic (exact) mass is 253 g/mol. The number of benzene rings is 1. The number of hydrogen-bond donors (Lipinski definition) is 0. The Morgan fingerprint density at radius 2 is 1.47 bits per heavy atom. The van der Waals surface area contributed by atoms with E-state index in [1.54, 1.807) is 16.4 Å². The van der Waals surface area contributed by atoms with Gasteiger partial charge in [-0.25, -0.2) is 8.42 Å². The maximum atomic E-state index is 12.4. The second-order valence-electron chi connectivity index (χ2n) is 4.63. The van der Waals surface area contributed by atoms with Crippen LogP contribution in [0.25, 0.3) is 0 Å². The van der Waals surface area contributed by atoms with E-state index in [2.05, 4.69) is 0 Å². The molecule has 0 saturated carbocycles. The van der Waals surface area contributed by atoms with E-state index in [0.717, 1.165) is 31.2 Å². The van der Waals surface area contributed by atoms with Crippen molar-refractivity contribution in [3.8, 4) is 0 Å². The summed E-state index contributed by atoms with van der Waals surface area (Å²) in [6.07, 6.45) is 4.23. The van der Waals surface area contributed by atoms with Gasteiger partial charge in [0.2, 0.25) is 10.0 Å². The second-order valence-corrected chi connectivity index (χ2v) is 6.57. The first-order valence-corrected chi connectivity index (χ1v) is 7.61. The quantitative estimate of drug-likeness (QED) is 0.812. The van der Waals surface area contributed by atoms with Crippen molar-refractivity contribution in [3.63, 3.8) is 0 Å². The molecule has 1 fully saturated rings. The molecule has 0 aliphatic carbocycles. The fraction of sp³-hybridized carbons (Fsp3) is 0.538. The molecule has 2 rings (SSSR count). The highest BCUT2D eigenvalue weighted by Gasteiger charge is 2.24. The molecule has 1 aliphatic rings. The summed E-state index contributed by atoms with van der Waals surface area (Å²) in [5, 5.41) is 0. The van der Waals surface area contributed by atoms with E-state index < -0.39 is 10.0 Å². The summed E-state index contributed by atoms with van der Waals surface area (Å²) < 4.78 is 26.4. The highest BCUT2D eigenvalue weighted by molar-refractivity contribution is 7.89. The third kappa shape index (κ3) is 2.87. The molecule has 0 unspecified atom stereocenters. The van der Waals surface area contributed by atoms with E-state index in [1.807, 2.05) is 19.1 Å². The minimum absolute atomic E-state index is 0.421. The molecule has 1 aromatic carbocycles. The standard InChI is InChI=1S/C13H19NO2S/c1-12-6-8-13(9-7-12)17(15,16)14-10-4-2-3-5-11-14/h6-9H,2-5,10-11H2,1H3. The first kappa shape index (κ1) is 12.6. The van der Waals surface area contributed by atoms with Gasteiger partial charge in [0.05, 0.1) is 4.90 Å². The van der Waals surface area contributed by atoms with Crippen molar-refractivity contribution >= 4 is 10.0 Å². The smallest absolute Gasteiger partial charge is 0.207 e. The van der Waals surface area contributed by atoms with Crippen LogP contribution in [0.1, 0.15) is 31.2 Å². The Bertz CT molecular complexity index is 457. The molecular formula is C13H19NO2S. The zero-order chi connectivity index (χ0) is 12.3. The van der Waals surface area contributed by atoms with Gasteiger partial charge in [-0.15, -0.1) is 0 Å². The molecule has 0 spiro atoms. The van der Waals surface area contributed by atoms with Gasteiger partial charge < -0.3 is 0 Å². The van der Waals surface area contributed by atoms with E-state index in [9.17, 15) is 8.42 Å². The van der Waals surface area contributed by atoms with E-state index in [1.165, 1.54) is 0 Å². The van der Waals surface area contributed by atoms with E-state index in [-0.39, 0.29) is 0 Å². The molecule has 3 nitrogen and oxygen atoms in total. The lowest BCUT2D eigenvalue weighted by Crippen LogP contribution is -2.31. The normalized spacial score (nSPS) is 18.9. The fourth-order valence-electron chi connectivity index (χ4n) is 2.14. The van der Waals surface area contributed by atoms with Crippen LogP contribution in [-0.2, 0) is 10.0 Å². The summed E-state index contributed by atoms with van der Waals surface area (Å²) in [5.41, 5.74) is 1.08. The molecule has 0 atom stereocenters.